The molecular weight excluding hydrogens is 244 g/mol. The van der Waals surface area contributed by atoms with Gasteiger partial charge in [-0.3, -0.25) is 4.79 Å². The first kappa shape index (κ1) is 13.6. The molecule has 1 heteroatoms. The van der Waals surface area contributed by atoms with E-state index >= 15 is 0 Å². The fourth-order valence-corrected chi connectivity index (χ4v) is 4.09. The molecule has 0 N–H and O–H groups in total. The lowest BCUT2D eigenvalue weighted by molar-refractivity contribution is 0.101. The van der Waals surface area contributed by atoms with Gasteiger partial charge in [-0.05, 0) is 67.4 Å². The summed E-state index contributed by atoms with van der Waals surface area (Å²) in [5.74, 6) is 0.961. The molecule has 2 aliphatic rings. The summed E-state index contributed by atoms with van der Waals surface area (Å²) in [6, 6.07) is 4.42. The topological polar surface area (TPSA) is 17.1 Å². The average Bonchev–Trinajstić information content (AvgIpc) is 2.56. The maximum absolute atomic E-state index is 11.8. The quantitative estimate of drug-likeness (QED) is 0.650. The highest BCUT2D eigenvalue weighted by Crippen LogP contribution is 2.53. The Morgan fingerprint density at radius 3 is 2.65 bits per heavy atom. The molecule has 1 aromatic rings. The van der Waals surface area contributed by atoms with Gasteiger partial charge in [-0.2, -0.15) is 0 Å². The summed E-state index contributed by atoms with van der Waals surface area (Å²) >= 11 is 0. The zero-order valence-electron chi connectivity index (χ0n) is 13.3. The molecule has 0 saturated heterocycles. The van der Waals surface area contributed by atoms with Crippen LogP contribution in [-0.2, 0) is 5.41 Å². The Morgan fingerprint density at radius 2 is 2.00 bits per heavy atom. The smallest absolute Gasteiger partial charge is 0.160 e. The first-order valence-corrected chi connectivity index (χ1v) is 7.71. The van der Waals surface area contributed by atoms with Crippen LogP contribution in [0.1, 0.15) is 74.0 Å². The Hall–Kier alpha value is -1.37. The number of hydrogen-bond acceptors (Lipinski definition) is 1. The molecule has 0 aromatic heterocycles. The summed E-state index contributed by atoms with van der Waals surface area (Å²) in [7, 11) is 0. The van der Waals surface area contributed by atoms with E-state index in [0.717, 1.165) is 17.0 Å². The van der Waals surface area contributed by atoms with Gasteiger partial charge in [0.25, 0.3) is 0 Å². The highest BCUT2D eigenvalue weighted by molar-refractivity contribution is 5.97. The Balaban J connectivity index is 2.22. The van der Waals surface area contributed by atoms with E-state index in [4.69, 9.17) is 0 Å². The number of ketones is 1. The highest BCUT2D eigenvalue weighted by atomic mass is 16.1. The Morgan fingerprint density at radius 1 is 1.30 bits per heavy atom. The van der Waals surface area contributed by atoms with E-state index in [1.165, 1.54) is 30.4 Å². The van der Waals surface area contributed by atoms with Crippen molar-refractivity contribution in [3.63, 3.8) is 0 Å². The van der Waals surface area contributed by atoms with Crippen molar-refractivity contribution in [1.29, 1.82) is 0 Å². The number of fused-ring (bicyclic) bond motifs is 2. The third-order valence-corrected chi connectivity index (χ3v) is 5.30. The molecule has 106 valence electrons. The zero-order chi connectivity index (χ0) is 14.7. The van der Waals surface area contributed by atoms with Crippen LogP contribution in [-0.4, -0.2) is 5.78 Å². The molecule has 0 amide bonds. The van der Waals surface area contributed by atoms with Gasteiger partial charge in [0.05, 0.1) is 0 Å². The van der Waals surface area contributed by atoms with Crippen molar-refractivity contribution in [1.82, 2.24) is 0 Å². The van der Waals surface area contributed by atoms with Crippen LogP contribution in [0.15, 0.2) is 17.7 Å². The molecular formula is C19H24O. The number of benzene rings is 1. The largest absolute Gasteiger partial charge is 0.295 e. The minimum Gasteiger partial charge on any atom is -0.295 e. The molecule has 1 aromatic carbocycles. The maximum atomic E-state index is 11.8. The van der Waals surface area contributed by atoms with E-state index in [2.05, 4.69) is 39.8 Å². The normalized spacial score (nSPS) is 23.6. The molecule has 0 saturated carbocycles. The minimum absolute atomic E-state index is 0.0999. The van der Waals surface area contributed by atoms with Crippen molar-refractivity contribution in [2.24, 2.45) is 5.92 Å². The molecule has 0 heterocycles. The van der Waals surface area contributed by atoms with Gasteiger partial charge in [-0.25, -0.2) is 0 Å². The molecule has 0 radical (unpaired) electrons. The van der Waals surface area contributed by atoms with E-state index in [1.807, 2.05) is 0 Å². The molecule has 3 rings (SSSR count). The van der Waals surface area contributed by atoms with Crippen LogP contribution in [0, 0.1) is 12.8 Å². The number of allylic oxidation sites excluding steroid dienone is 2. The molecule has 20 heavy (non-hydrogen) atoms. The minimum atomic E-state index is 0.0999. The van der Waals surface area contributed by atoms with E-state index in [9.17, 15) is 4.79 Å². The number of Topliss-reactive ketones (excluding diaryl/α,β-unsaturated/α-hetero) is 1. The maximum Gasteiger partial charge on any atom is 0.160 e. The first-order chi connectivity index (χ1) is 9.32. The van der Waals surface area contributed by atoms with Crippen LogP contribution in [0.25, 0.3) is 5.57 Å². The van der Waals surface area contributed by atoms with Gasteiger partial charge in [0.1, 0.15) is 0 Å². The van der Waals surface area contributed by atoms with Gasteiger partial charge in [0, 0.05) is 11.0 Å². The summed E-state index contributed by atoms with van der Waals surface area (Å²) in [4.78, 5) is 11.8. The predicted molar refractivity (Wildman–Crippen MR) is 84.1 cm³/mol. The van der Waals surface area contributed by atoms with Gasteiger partial charge in [0.15, 0.2) is 5.78 Å². The van der Waals surface area contributed by atoms with Gasteiger partial charge < -0.3 is 0 Å². The van der Waals surface area contributed by atoms with Crippen molar-refractivity contribution in [2.75, 3.05) is 0 Å². The van der Waals surface area contributed by atoms with Gasteiger partial charge >= 0.3 is 0 Å². The monoisotopic (exact) mass is 268 g/mol. The second-order valence-corrected chi connectivity index (χ2v) is 7.20. The fourth-order valence-electron chi connectivity index (χ4n) is 4.09. The summed E-state index contributed by atoms with van der Waals surface area (Å²) in [6.07, 6.45) is 3.71. The van der Waals surface area contributed by atoms with Crippen molar-refractivity contribution in [3.05, 3.63) is 40.0 Å². The third-order valence-electron chi connectivity index (χ3n) is 5.30. The summed E-state index contributed by atoms with van der Waals surface area (Å²) in [5.41, 5.74) is 8.09. The Labute approximate surface area is 122 Å². The van der Waals surface area contributed by atoms with E-state index in [0.29, 0.717) is 0 Å². The van der Waals surface area contributed by atoms with Gasteiger partial charge in [-0.1, -0.05) is 32.4 Å². The second kappa shape index (κ2) is 4.31. The summed E-state index contributed by atoms with van der Waals surface area (Å²) in [6.45, 7) is 10.7. The lowest BCUT2D eigenvalue weighted by Crippen LogP contribution is -2.19. The number of carbonyl (C=O) groups excluding carboxylic acids is 1. The van der Waals surface area contributed by atoms with Gasteiger partial charge in [-0.15, -0.1) is 0 Å². The SMILES string of the molecule is CC(=O)c1cc2c(cc1C)C1=C(CC[C@@H](C)C1)C2(C)C. The zero-order valence-corrected chi connectivity index (χ0v) is 13.3. The average molecular weight is 268 g/mol. The molecule has 1 atom stereocenters. The van der Waals surface area contributed by atoms with Crippen LogP contribution in [0.4, 0.5) is 0 Å². The lowest BCUT2D eigenvalue weighted by atomic mass is 9.75. The van der Waals surface area contributed by atoms with Crippen LogP contribution in [0.3, 0.4) is 0 Å². The number of rotatable bonds is 1. The van der Waals surface area contributed by atoms with Gasteiger partial charge in [0.2, 0.25) is 0 Å². The third kappa shape index (κ3) is 1.79. The molecule has 0 unspecified atom stereocenters. The number of aryl methyl sites for hydroxylation is 1. The Bertz CT molecular complexity index is 631. The molecule has 2 aliphatic carbocycles. The predicted octanol–water partition coefficient (Wildman–Crippen LogP) is 5.06. The van der Waals surface area contributed by atoms with Crippen LogP contribution in [0.5, 0.6) is 0 Å². The van der Waals surface area contributed by atoms with Crippen LogP contribution in [0.2, 0.25) is 0 Å². The van der Waals surface area contributed by atoms with E-state index in [1.54, 1.807) is 18.1 Å². The molecule has 0 bridgehead atoms. The Kier molecular flexibility index (Phi) is 2.93. The molecule has 0 spiro atoms. The standard InChI is InChI=1S/C19H24O/c1-11-6-7-17-15(8-11)16-9-12(2)14(13(3)20)10-18(16)19(17,4)5/h9-11H,6-8H2,1-5H3/t11-/m1/s1. The van der Waals surface area contributed by atoms with Crippen LogP contribution < -0.4 is 0 Å². The fraction of sp³-hybridized carbons (Fsp3) is 0.526. The van der Waals surface area contributed by atoms with E-state index in [-0.39, 0.29) is 11.2 Å². The van der Waals surface area contributed by atoms with E-state index < -0.39 is 0 Å². The van der Waals surface area contributed by atoms with Crippen molar-refractivity contribution in [2.45, 2.75) is 59.3 Å². The first-order valence-electron chi connectivity index (χ1n) is 7.71. The van der Waals surface area contributed by atoms with Crippen molar-refractivity contribution in [3.8, 4) is 0 Å². The molecule has 1 nitrogen and oxygen atoms in total. The number of hydrogen-bond donors (Lipinski definition) is 0. The molecule has 0 fully saturated rings. The highest BCUT2D eigenvalue weighted by Gasteiger charge is 2.39. The lowest BCUT2D eigenvalue weighted by Gasteiger charge is -2.29. The van der Waals surface area contributed by atoms with Crippen LogP contribution >= 0.6 is 0 Å². The van der Waals surface area contributed by atoms with Crippen molar-refractivity contribution >= 4 is 11.4 Å². The summed E-state index contributed by atoms with van der Waals surface area (Å²) < 4.78 is 0. The van der Waals surface area contributed by atoms with Crippen molar-refractivity contribution < 1.29 is 4.79 Å². The molecule has 0 aliphatic heterocycles. The summed E-state index contributed by atoms with van der Waals surface area (Å²) in [5, 5.41) is 0. The number of carbonyl (C=O) groups is 1. The second-order valence-electron chi connectivity index (χ2n) is 7.20.